The number of carbonyl (C=O) groups excluding carboxylic acids is 1. The molecule has 0 aliphatic carbocycles. The number of halogens is 2. The van der Waals surface area contributed by atoms with Crippen molar-refractivity contribution in [3.63, 3.8) is 0 Å². The molecule has 138 valence electrons. The fourth-order valence-corrected chi connectivity index (χ4v) is 2.73. The van der Waals surface area contributed by atoms with Crippen molar-refractivity contribution in [1.29, 1.82) is 0 Å². The van der Waals surface area contributed by atoms with Crippen LogP contribution in [0.1, 0.15) is 18.4 Å². The van der Waals surface area contributed by atoms with Gasteiger partial charge in [-0.05, 0) is 37.6 Å². The average Bonchev–Trinajstić information content (AvgIpc) is 2.54. The highest BCUT2D eigenvalue weighted by molar-refractivity contribution is 5.85. The van der Waals surface area contributed by atoms with Gasteiger partial charge in [0.1, 0.15) is 0 Å². The number of aryl methyl sites for hydroxylation is 1. The van der Waals surface area contributed by atoms with Crippen molar-refractivity contribution in [3.05, 3.63) is 29.8 Å². The van der Waals surface area contributed by atoms with Crippen molar-refractivity contribution in [1.82, 2.24) is 10.2 Å². The summed E-state index contributed by atoms with van der Waals surface area (Å²) < 4.78 is 0. The molecule has 0 radical (unpaired) electrons. The maximum atomic E-state index is 11.7. The molecule has 1 heterocycles. The van der Waals surface area contributed by atoms with Gasteiger partial charge in [0.05, 0.1) is 0 Å². The Kier molecular flexibility index (Phi) is 11.8. The highest BCUT2D eigenvalue weighted by atomic mass is 35.5. The van der Waals surface area contributed by atoms with Crippen molar-refractivity contribution < 1.29 is 4.79 Å². The summed E-state index contributed by atoms with van der Waals surface area (Å²) in [6.07, 6.45) is 1.43. The SMILES string of the molecule is Cc1cccc(N2CCN(CCC(=O)NCCCN)CC2)c1.Cl.Cl. The van der Waals surface area contributed by atoms with Gasteiger partial charge < -0.3 is 16.0 Å². The van der Waals surface area contributed by atoms with Crippen LogP contribution in [0.15, 0.2) is 24.3 Å². The van der Waals surface area contributed by atoms with E-state index < -0.39 is 0 Å². The third kappa shape index (κ3) is 7.71. The Morgan fingerprint density at radius 1 is 1.21 bits per heavy atom. The first-order chi connectivity index (χ1) is 10.7. The lowest BCUT2D eigenvalue weighted by molar-refractivity contribution is -0.121. The average molecular weight is 377 g/mol. The zero-order chi connectivity index (χ0) is 15.8. The van der Waals surface area contributed by atoms with Crippen molar-refractivity contribution in [2.45, 2.75) is 19.8 Å². The molecule has 1 amide bonds. The second-order valence-electron chi connectivity index (χ2n) is 5.91. The molecule has 0 atom stereocenters. The first-order valence-electron chi connectivity index (χ1n) is 8.20. The smallest absolute Gasteiger partial charge is 0.221 e. The van der Waals surface area contributed by atoms with E-state index in [0.29, 0.717) is 19.5 Å². The van der Waals surface area contributed by atoms with Gasteiger partial charge in [-0.25, -0.2) is 0 Å². The third-order valence-corrected chi connectivity index (χ3v) is 4.10. The van der Waals surface area contributed by atoms with Crippen LogP contribution in [0, 0.1) is 6.92 Å². The Bertz CT molecular complexity index is 479. The Hall–Kier alpha value is -1.01. The van der Waals surface area contributed by atoms with Crippen LogP contribution in [-0.2, 0) is 4.79 Å². The molecule has 5 nitrogen and oxygen atoms in total. The molecule has 1 fully saturated rings. The summed E-state index contributed by atoms with van der Waals surface area (Å²) in [5.74, 6) is 0.134. The Labute approximate surface area is 157 Å². The van der Waals surface area contributed by atoms with Gasteiger partial charge in [-0.1, -0.05) is 12.1 Å². The molecule has 0 aromatic heterocycles. The number of piperazine rings is 1. The highest BCUT2D eigenvalue weighted by Gasteiger charge is 2.17. The number of anilines is 1. The Morgan fingerprint density at radius 3 is 2.54 bits per heavy atom. The maximum Gasteiger partial charge on any atom is 0.221 e. The molecule has 2 rings (SSSR count). The predicted octanol–water partition coefficient (Wildman–Crippen LogP) is 1.82. The molecule has 1 aliphatic heterocycles. The molecule has 0 spiro atoms. The van der Waals surface area contributed by atoms with Crippen LogP contribution in [0.5, 0.6) is 0 Å². The quantitative estimate of drug-likeness (QED) is 0.712. The van der Waals surface area contributed by atoms with Gasteiger partial charge in [-0.15, -0.1) is 24.8 Å². The normalized spacial score (nSPS) is 14.5. The number of rotatable bonds is 7. The lowest BCUT2D eigenvalue weighted by Crippen LogP contribution is -2.47. The number of hydrogen-bond acceptors (Lipinski definition) is 4. The first-order valence-corrected chi connectivity index (χ1v) is 8.20. The minimum Gasteiger partial charge on any atom is -0.369 e. The van der Waals surface area contributed by atoms with Crippen LogP contribution >= 0.6 is 24.8 Å². The maximum absolute atomic E-state index is 11.7. The summed E-state index contributed by atoms with van der Waals surface area (Å²) in [4.78, 5) is 16.5. The van der Waals surface area contributed by atoms with Crippen LogP contribution in [-0.4, -0.2) is 56.6 Å². The fraction of sp³-hybridized carbons (Fsp3) is 0.588. The topological polar surface area (TPSA) is 61.6 Å². The number of hydrogen-bond donors (Lipinski definition) is 2. The van der Waals surface area contributed by atoms with Crippen LogP contribution < -0.4 is 16.0 Å². The molecule has 0 unspecified atom stereocenters. The van der Waals surface area contributed by atoms with Crippen molar-refractivity contribution >= 4 is 36.4 Å². The zero-order valence-electron chi connectivity index (χ0n) is 14.4. The summed E-state index contributed by atoms with van der Waals surface area (Å²) in [7, 11) is 0. The van der Waals surface area contributed by atoms with Gasteiger partial charge in [0.15, 0.2) is 0 Å². The minimum atomic E-state index is 0. The van der Waals surface area contributed by atoms with E-state index in [4.69, 9.17) is 5.73 Å². The second kappa shape index (κ2) is 12.4. The van der Waals surface area contributed by atoms with E-state index in [-0.39, 0.29) is 30.7 Å². The van der Waals surface area contributed by atoms with E-state index in [1.807, 2.05) is 0 Å². The molecule has 24 heavy (non-hydrogen) atoms. The Morgan fingerprint density at radius 2 is 1.92 bits per heavy atom. The molecule has 0 saturated carbocycles. The molecule has 7 heteroatoms. The predicted molar refractivity (Wildman–Crippen MR) is 106 cm³/mol. The van der Waals surface area contributed by atoms with Crippen molar-refractivity contribution in [3.8, 4) is 0 Å². The van der Waals surface area contributed by atoms with Gasteiger partial charge >= 0.3 is 0 Å². The minimum absolute atomic E-state index is 0. The number of benzene rings is 1. The van der Waals surface area contributed by atoms with Gasteiger partial charge in [0.25, 0.3) is 0 Å². The molecule has 1 saturated heterocycles. The largest absolute Gasteiger partial charge is 0.369 e. The van der Waals surface area contributed by atoms with Crippen LogP contribution in [0.4, 0.5) is 5.69 Å². The summed E-state index contributed by atoms with van der Waals surface area (Å²) in [6.45, 7) is 8.38. The van der Waals surface area contributed by atoms with E-state index in [9.17, 15) is 4.79 Å². The standard InChI is InChI=1S/C17H28N4O.2ClH/c1-15-4-2-5-16(14-15)21-12-10-20(11-13-21)9-6-17(22)19-8-3-7-18;;/h2,4-5,14H,3,6-13,18H2,1H3,(H,19,22);2*1H. The summed E-state index contributed by atoms with van der Waals surface area (Å²) in [5, 5.41) is 2.91. The molecule has 1 aromatic rings. The van der Waals surface area contributed by atoms with E-state index >= 15 is 0 Å². The van der Waals surface area contributed by atoms with Gasteiger partial charge in [0.2, 0.25) is 5.91 Å². The molecule has 3 N–H and O–H groups in total. The number of carbonyl (C=O) groups is 1. The van der Waals surface area contributed by atoms with Gasteiger partial charge in [0, 0.05) is 51.4 Å². The summed E-state index contributed by atoms with van der Waals surface area (Å²) in [6, 6.07) is 8.65. The Balaban J connectivity index is 0.00000264. The zero-order valence-corrected chi connectivity index (χ0v) is 16.0. The van der Waals surface area contributed by atoms with E-state index in [1.165, 1.54) is 11.3 Å². The van der Waals surface area contributed by atoms with Gasteiger partial charge in [-0.2, -0.15) is 0 Å². The fourth-order valence-electron chi connectivity index (χ4n) is 2.73. The van der Waals surface area contributed by atoms with E-state index in [1.54, 1.807) is 0 Å². The molecular formula is C17H30Cl2N4O. The molecule has 1 aliphatic rings. The lowest BCUT2D eigenvalue weighted by Gasteiger charge is -2.36. The van der Waals surface area contributed by atoms with Crippen LogP contribution in [0.25, 0.3) is 0 Å². The first kappa shape index (κ1) is 23.0. The van der Waals surface area contributed by atoms with Gasteiger partial charge in [-0.3, -0.25) is 9.69 Å². The van der Waals surface area contributed by atoms with E-state index in [0.717, 1.165) is 39.1 Å². The number of amides is 1. The number of nitrogens with two attached hydrogens (primary N) is 1. The van der Waals surface area contributed by atoms with Crippen LogP contribution in [0.3, 0.4) is 0 Å². The highest BCUT2D eigenvalue weighted by Crippen LogP contribution is 2.17. The second-order valence-corrected chi connectivity index (χ2v) is 5.91. The van der Waals surface area contributed by atoms with Crippen molar-refractivity contribution in [2.24, 2.45) is 5.73 Å². The molecule has 0 bridgehead atoms. The summed E-state index contributed by atoms with van der Waals surface area (Å²) >= 11 is 0. The molecule has 1 aromatic carbocycles. The van der Waals surface area contributed by atoms with E-state index in [2.05, 4.69) is 46.3 Å². The van der Waals surface area contributed by atoms with Crippen LogP contribution in [0.2, 0.25) is 0 Å². The van der Waals surface area contributed by atoms with Crippen molar-refractivity contribution in [2.75, 3.05) is 50.7 Å². The monoisotopic (exact) mass is 376 g/mol. The molecular weight excluding hydrogens is 347 g/mol. The summed E-state index contributed by atoms with van der Waals surface area (Å²) in [5.41, 5.74) is 8.02. The third-order valence-electron chi connectivity index (χ3n) is 4.10. The number of nitrogens with one attached hydrogen (secondary N) is 1. The number of nitrogens with zero attached hydrogens (tertiary/aromatic N) is 2. The lowest BCUT2D eigenvalue weighted by atomic mass is 10.2.